The fourth-order valence-corrected chi connectivity index (χ4v) is 2.51. The molecule has 0 aliphatic heterocycles. The average Bonchev–Trinajstić information content (AvgIpc) is 2.89. The maximum absolute atomic E-state index is 13.5. The van der Waals surface area contributed by atoms with Crippen LogP contribution in [0.3, 0.4) is 0 Å². The number of nitrogens with one attached hydrogen (secondary N) is 1. The van der Waals surface area contributed by atoms with Gasteiger partial charge in [-0.05, 0) is 30.2 Å². The molecule has 22 heavy (non-hydrogen) atoms. The van der Waals surface area contributed by atoms with Crippen molar-refractivity contribution in [1.29, 1.82) is 0 Å². The van der Waals surface area contributed by atoms with Crippen molar-refractivity contribution in [3.05, 3.63) is 71.4 Å². The van der Waals surface area contributed by atoms with Gasteiger partial charge in [-0.25, -0.2) is 0 Å². The topological polar surface area (TPSA) is 15.8 Å². The highest BCUT2D eigenvalue weighted by atomic mass is 19.4. The molecule has 0 fully saturated rings. The number of hydrogen-bond acceptors (Lipinski definition) is 0. The Morgan fingerprint density at radius 2 is 1.68 bits per heavy atom. The third kappa shape index (κ3) is 2.64. The molecule has 0 spiro atoms. The molecule has 0 radical (unpaired) electrons. The number of aromatic nitrogens is 1. The number of hydrogen-bond donors (Lipinski definition) is 1. The van der Waals surface area contributed by atoms with E-state index in [-0.39, 0.29) is 5.56 Å². The minimum atomic E-state index is -4.42. The summed E-state index contributed by atoms with van der Waals surface area (Å²) in [4.78, 5) is 2.90. The fraction of sp³-hybridized carbons (Fsp3) is 0.111. The van der Waals surface area contributed by atoms with E-state index in [1.54, 1.807) is 49.4 Å². The van der Waals surface area contributed by atoms with Gasteiger partial charge in [0.2, 0.25) is 0 Å². The van der Waals surface area contributed by atoms with Crippen molar-refractivity contribution in [3.8, 4) is 0 Å². The fourth-order valence-electron chi connectivity index (χ4n) is 2.51. The Bertz CT molecular complexity index is 841. The molecule has 0 aliphatic rings. The number of H-pyrrole nitrogens is 1. The lowest BCUT2D eigenvalue weighted by atomic mass is 9.99. The van der Waals surface area contributed by atoms with Crippen LogP contribution in [0.4, 0.5) is 13.2 Å². The van der Waals surface area contributed by atoms with E-state index in [0.29, 0.717) is 16.5 Å². The van der Waals surface area contributed by atoms with Crippen LogP contribution in [-0.2, 0) is 0 Å². The maximum Gasteiger partial charge on any atom is 0.417 e. The number of allylic oxidation sites excluding steroid dienone is 1. The van der Waals surface area contributed by atoms with Crippen LogP contribution in [0.2, 0.25) is 0 Å². The van der Waals surface area contributed by atoms with Crippen LogP contribution in [0.1, 0.15) is 16.7 Å². The number of benzene rings is 2. The van der Waals surface area contributed by atoms with Crippen molar-refractivity contribution < 1.29 is 13.2 Å². The van der Waals surface area contributed by atoms with Crippen molar-refractivity contribution in [2.45, 2.75) is 13.1 Å². The van der Waals surface area contributed by atoms with E-state index in [9.17, 15) is 13.2 Å². The van der Waals surface area contributed by atoms with Crippen LogP contribution in [-0.4, -0.2) is 11.2 Å². The average molecular weight is 301 g/mol. The summed E-state index contributed by atoms with van der Waals surface area (Å²) in [7, 11) is 0. The number of halogens is 3. The van der Waals surface area contributed by atoms with Crippen molar-refractivity contribution in [3.63, 3.8) is 0 Å². The molecule has 4 heteroatoms. The standard InChI is InChI=1S/C18H14F3N/c1-12-6-2-3-7-13(12)10-16(18(19,20)21)15-11-22-17-9-5-4-8-14(15)17/h2-11,22H,1H3/b16-10+. The van der Waals surface area contributed by atoms with Gasteiger partial charge in [0.15, 0.2) is 0 Å². The van der Waals surface area contributed by atoms with E-state index in [2.05, 4.69) is 4.98 Å². The Morgan fingerprint density at radius 1 is 1.00 bits per heavy atom. The second-order valence-electron chi connectivity index (χ2n) is 5.16. The third-order valence-corrected chi connectivity index (χ3v) is 3.67. The zero-order valence-electron chi connectivity index (χ0n) is 11.9. The van der Waals surface area contributed by atoms with Gasteiger partial charge < -0.3 is 4.98 Å². The van der Waals surface area contributed by atoms with Crippen LogP contribution in [0.5, 0.6) is 0 Å². The van der Waals surface area contributed by atoms with E-state index in [4.69, 9.17) is 0 Å². The molecular weight excluding hydrogens is 287 g/mol. The predicted octanol–water partition coefficient (Wildman–Crippen LogP) is 5.58. The first-order chi connectivity index (χ1) is 10.5. The predicted molar refractivity (Wildman–Crippen MR) is 83.4 cm³/mol. The molecule has 0 unspecified atom stereocenters. The van der Waals surface area contributed by atoms with Crippen molar-refractivity contribution in [2.75, 3.05) is 0 Å². The molecule has 0 aliphatic carbocycles. The molecule has 3 aromatic rings. The molecule has 1 aromatic heterocycles. The second kappa shape index (κ2) is 5.37. The first-order valence-corrected chi connectivity index (χ1v) is 6.88. The molecule has 3 rings (SSSR count). The highest BCUT2D eigenvalue weighted by molar-refractivity contribution is 5.98. The Morgan fingerprint density at radius 3 is 2.41 bits per heavy atom. The second-order valence-corrected chi connectivity index (χ2v) is 5.16. The van der Waals surface area contributed by atoms with Crippen molar-refractivity contribution >= 4 is 22.6 Å². The summed E-state index contributed by atoms with van der Waals surface area (Å²) >= 11 is 0. The van der Waals surface area contributed by atoms with E-state index < -0.39 is 11.7 Å². The van der Waals surface area contributed by atoms with Crippen LogP contribution >= 0.6 is 0 Å². The van der Waals surface area contributed by atoms with Gasteiger partial charge in [0.1, 0.15) is 0 Å². The first-order valence-electron chi connectivity index (χ1n) is 6.88. The third-order valence-electron chi connectivity index (χ3n) is 3.67. The Kier molecular flexibility index (Phi) is 3.53. The quantitative estimate of drug-likeness (QED) is 0.636. The lowest BCUT2D eigenvalue weighted by Gasteiger charge is -2.12. The number of rotatable bonds is 2. The largest absolute Gasteiger partial charge is 0.417 e. The van der Waals surface area contributed by atoms with E-state index in [1.807, 2.05) is 6.07 Å². The molecular formula is C18H14F3N. The maximum atomic E-state index is 13.5. The molecule has 1 heterocycles. The molecule has 0 saturated heterocycles. The monoisotopic (exact) mass is 301 g/mol. The minimum absolute atomic E-state index is 0.173. The SMILES string of the molecule is Cc1ccccc1/C=C(\c1c[nH]c2ccccc12)C(F)(F)F. The molecule has 0 amide bonds. The Labute approximate surface area is 126 Å². The summed E-state index contributed by atoms with van der Waals surface area (Å²) in [6.45, 7) is 1.80. The van der Waals surface area contributed by atoms with E-state index in [0.717, 1.165) is 5.56 Å². The first kappa shape index (κ1) is 14.4. The number of aryl methyl sites for hydroxylation is 1. The van der Waals surface area contributed by atoms with Gasteiger partial charge >= 0.3 is 6.18 Å². The van der Waals surface area contributed by atoms with Gasteiger partial charge in [-0.3, -0.25) is 0 Å². The molecule has 112 valence electrons. The molecule has 0 atom stereocenters. The summed E-state index contributed by atoms with van der Waals surface area (Å²) < 4.78 is 40.6. The highest BCUT2D eigenvalue weighted by Crippen LogP contribution is 2.38. The molecule has 1 N–H and O–H groups in total. The number of aromatic amines is 1. The summed E-state index contributed by atoms with van der Waals surface area (Å²) in [5.41, 5.74) is 1.60. The zero-order chi connectivity index (χ0) is 15.7. The summed E-state index contributed by atoms with van der Waals surface area (Å²) in [5, 5.41) is 0.569. The summed E-state index contributed by atoms with van der Waals surface area (Å²) in [6.07, 6.45) is -1.79. The molecule has 0 saturated carbocycles. The van der Waals surface area contributed by atoms with Crippen molar-refractivity contribution in [2.24, 2.45) is 0 Å². The molecule has 2 aromatic carbocycles. The van der Waals surface area contributed by atoms with Crippen LogP contribution in [0.15, 0.2) is 54.7 Å². The number of para-hydroxylation sites is 1. The highest BCUT2D eigenvalue weighted by Gasteiger charge is 2.36. The lowest BCUT2D eigenvalue weighted by Crippen LogP contribution is -2.10. The number of fused-ring (bicyclic) bond motifs is 1. The lowest BCUT2D eigenvalue weighted by molar-refractivity contribution is -0.0682. The normalized spacial score (nSPS) is 12.8. The van der Waals surface area contributed by atoms with E-state index >= 15 is 0 Å². The Hall–Kier alpha value is -2.49. The van der Waals surface area contributed by atoms with Gasteiger partial charge in [-0.2, -0.15) is 13.2 Å². The van der Waals surface area contributed by atoms with Gasteiger partial charge in [-0.1, -0.05) is 42.5 Å². The van der Waals surface area contributed by atoms with E-state index in [1.165, 1.54) is 12.3 Å². The van der Waals surface area contributed by atoms with Crippen molar-refractivity contribution in [1.82, 2.24) is 4.98 Å². The minimum Gasteiger partial charge on any atom is -0.361 e. The number of alkyl halides is 3. The van der Waals surface area contributed by atoms with Gasteiger partial charge in [0.25, 0.3) is 0 Å². The van der Waals surface area contributed by atoms with Gasteiger partial charge in [0, 0.05) is 22.7 Å². The van der Waals surface area contributed by atoms with Gasteiger partial charge in [0.05, 0.1) is 5.57 Å². The molecule has 1 nitrogen and oxygen atoms in total. The van der Waals surface area contributed by atoms with Crippen LogP contribution in [0.25, 0.3) is 22.6 Å². The van der Waals surface area contributed by atoms with Gasteiger partial charge in [-0.15, -0.1) is 0 Å². The van der Waals surface area contributed by atoms with Crippen LogP contribution in [0, 0.1) is 6.92 Å². The zero-order valence-corrected chi connectivity index (χ0v) is 11.9. The Balaban J connectivity index is 2.22. The smallest absolute Gasteiger partial charge is 0.361 e. The summed E-state index contributed by atoms with van der Waals surface area (Å²) in [5.74, 6) is 0. The molecule has 0 bridgehead atoms. The summed E-state index contributed by atoms with van der Waals surface area (Å²) in [6, 6.07) is 14.0. The van der Waals surface area contributed by atoms with Crippen LogP contribution < -0.4 is 0 Å².